The van der Waals surface area contributed by atoms with Crippen molar-refractivity contribution in [2.24, 2.45) is 0 Å². The van der Waals surface area contributed by atoms with E-state index in [9.17, 15) is 4.79 Å². The molecule has 3 aromatic carbocycles. The highest BCUT2D eigenvalue weighted by molar-refractivity contribution is 7.23. The number of hydrogen-bond acceptors (Lipinski definition) is 2. The largest absolute Gasteiger partial charge is 0.353 e. The van der Waals surface area contributed by atoms with E-state index >= 15 is 0 Å². The van der Waals surface area contributed by atoms with Crippen LogP contribution in [-0.4, -0.2) is 10.4 Å². The molecule has 0 N–H and O–H groups in total. The summed E-state index contributed by atoms with van der Waals surface area (Å²) >= 11 is 7.80. The van der Waals surface area contributed by atoms with Crippen LogP contribution >= 0.6 is 22.9 Å². The number of thiazole rings is 1. The van der Waals surface area contributed by atoms with Crippen molar-refractivity contribution in [1.29, 1.82) is 0 Å². The molecule has 0 aliphatic heterocycles. The predicted octanol–water partition coefficient (Wildman–Crippen LogP) is 5.95. The SMILES string of the molecule is CC(=O)c1c(-c2ccc(Cl)cc2)n(-c2ccccc2)c2sc3ccccc3[n+]12. The Hall–Kier alpha value is -2.95. The molecule has 0 aliphatic rings. The first kappa shape index (κ1) is 17.2. The minimum Gasteiger partial charge on any atom is -0.290 e. The smallest absolute Gasteiger partial charge is 0.290 e. The van der Waals surface area contributed by atoms with Crippen molar-refractivity contribution in [3.8, 4) is 16.9 Å². The average molecular weight is 404 g/mol. The number of aromatic nitrogens is 2. The Balaban J connectivity index is 2.00. The lowest BCUT2D eigenvalue weighted by atomic mass is 10.1. The summed E-state index contributed by atoms with van der Waals surface area (Å²) < 4.78 is 5.40. The number of para-hydroxylation sites is 2. The minimum absolute atomic E-state index is 0.0261. The van der Waals surface area contributed by atoms with Gasteiger partial charge in [-0.2, -0.15) is 8.97 Å². The molecule has 136 valence electrons. The van der Waals surface area contributed by atoms with Gasteiger partial charge >= 0.3 is 4.96 Å². The van der Waals surface area contributed by atoms with Gasteiger partial charge in [-0.05, 0) is 59.9 Å². The third kappa shape index (κ3) is 2.57. The summed E-state index contributed by atoms with van der Waals surface area (Å²) in [5, 5.41) is 0.672. The summed E-state index contributed by atoms with van der Waals surface area (Å²) in [6.07, 6.45) is 0. The summed E-state index contributed by atoms with van der Waals surface area (Å²) in [6.45, 7) is 1.63. The van der Waals surface area contributed by atoms with E-state index in [1.165, 1.54) is 0 Å². The summed E-state index contributed by atoms with van der Waals surface area (Å²) in [4.78, 5) is 13.9. The Morgan fingerprint density at radius 3 is 2.32 bits per heavy atom. The van der Waals surface area contributed by atoms with Crippen molar-refractivity contribution in [3.63, 3.8) is 0 Å². The number of Topliss-reactive ketones (excluding diaryl/α,β-unsaturated/α-hetero) is 1. The second-order valence-corrected chi connectivity index (χ2v) is 8.06. The molecule has 5 aromatic rings. The topological polar surface area (TPSA) is 26.1 Å². The van der Waals surface area contributed by atoms with Gasteiger partial charge < -0.3 is 0 Å². The highest BCUT2D eigenvalue weighted by atomic mass is 35.5. The molecule has 0 radical (unpaired) electrons. The highest BCUT2D eigenvalue weighted by Gasteiger charge is 2.34. The maximum Gasteiger partial charge on any atom is 0.353 e. The van der Waals surface area contributed by atoms with Crippen LogP contribution in [0.1, 0.15) is 17.4 Å². The molecule has 0 saturated heterocycles. The lowest BCUT2D eigenvalue weighted by molar-refractivity contribution is -0.478. The van der Waals surface area contributed by atoms with Crippen molar-refractivity contribution in [2.75, 3.05) is 0 Å². The predicted molar refractivity (Wildman–Crippen MR) is 115 cm³/mol. The standard InChI is InChI=1S/C23H16ClN2OS/c1-15(27)21-22(16-11-13-17(24)14-12-16)25(18-7-3-2-4-8-18)23-26(21)19-9-5-6-10-20(19)28-23/h2-14H,1H3/q+1. The molecule has 5 rings (SSSR count). The molecule has 0 atom stereocenters. The molecule has 28 heavy (non-hydrogen) atoms. The number of halogens is 1. The van der Waals surface area contributed by atoms with Gasteiger partial charge in [-0.15, -0.1) is 0 Å². The van der Waals surface area contributed by atoms with E-state index in [2.05, 4.69) is 33.2 Å². The Labute approximate surface area is 171 Å². The Kier molecular flexibility index (Phi) is 4.04. The van der Waals surface area contributed by atoms with Gasteiger partial charge in [-0.1, -0.05) is 41.9 Å². The van der Waals surface area contributed by atoms with Crippen LogP contribution in [0.15, 0.2) is 78.9 Å². The molecular weight excluding hydrogens is 388 g/mol. The summed E-state index contributed by atoms with van der Waals surface area (Å²) in [5.74, 6) is 0.0261. The van der Waals surface area contributed by atoms with Gasteiger partial charge in [-0.3, -0.25) is 4.79 Å². The zero-order valence-electron chi connectivity index (χ0n) is 15.1. The molecule has 0 fully saturated rings. The lowest BCUT2D eigenvalue weighted by Crippen LogP contribution is -2.25. The zero-order valence-corrected chi connectivity index (χ0v) is 16.7. The number of fused-ring (bicyclic) bond motifs is 3. The van der Waals surface area contributed by atoms with Crippen molar-refractivity contribution in [2.45, 2.75) is 6.92 Å². The summed E-state index contributed by atoms with van der Waals surface area (Å²) in [7, 11) is 0. The molecule has 0 saturated carbocycles. The highest BCUT2D eigenvalue weighted by Crippen LogP contribution is 2.34. The van der Waals surface area contributed by atoms with E-state index in [0.717, 1.165) is 32.1 Å². The number of hydrogen-bond donors (Lipinski definition) is 0. The Morgan fingerprint density at radius 1 is 0.929 bits per heavy atom. The third-order valence-corrected chi connectivity index (χ3v) is 6.19. The number of benzene rings is 3. The van der Waals surface area contributed by atoms with Crippen LogP contribution in [0.3, 0.4) is 0 Å². The summed E-state index contributed by atoms with van der Waals surface area (Å²) in [6, 6.07) is 26.0. The number of carbonyl (C=O) groups excluding carboxylic acids is 1. The quantitative estimate of drug-likeness (QED) is 0.270. The summed E-state index contributed by atoms with van der Waals surface area (Å²) in [5.41, 5.74) is 4.58. The Bertz CT molecular complexity index is 1330. The van der Waals surface area contributed by atoms with Crippen LogP contribution in [0.5, 0.6) is 0 Å². The molecule has 5 heteroatoms. The fraction of sp³-hybridized carbons (Fsp3) is 0.0435. The number of ketones is 1. The fourth-order valence-electron chi connectivity index (χ4n) is 3.66. The molecule has 0 bridgehead atoms. The average Bonchev–Trinajstić information content (AvgIpc) is 3.23. The normalized spacial score (nSPS) is 11.4. The van der Waals surface area contributed by atoms with Gasteiger partial charge in [0.2, 0.25) is 11.5 Å². The van der Waals surface area contributed by atoms with Gasteiger partial charge in [0.15, 0.2) is 11.2 Å². The van der Waals surface area contributed by atoms with Gasteiger partial charge in [0, 0.05) is 17.5 Å². The van der Waals surface area contributed by atoms with E-state index in [0.29, 0.717) is 10.7 Å². The van der Waals surface area contributed by atoms with Gasteiger partial charge in [-0.25, -0.2) is 0 Å². The lowest BCUT2D eigenvalue weighted by Gasteiger charge is -2.04. The van der Waals surface area contributed by atoms with Crippen molar-refractivity contribution in [3.05, 3.63) is 89.6 Å². The molecule has 2 heterocycles. The van der Waals surface area contributed by atoms with E-state index < -0.39 is 0 Å². The van der Waals surface area contributed by atoms with E-state index in [1.807, 2.05) is 54.6 Å². The van der Waals surface area contributed by atoms with Crippen molar-refractivity contribution in [1.82, 2.24) is 4.57 Å². The number of rotatable bonds is 3. The molecule has 3 nitrogen and oxygen atoms in total. The van der Waals surface area contributed by atoms with Gasteiger partial charge in [0.25, 0.3) is 0 Å². The molecule has 0 spiro atoms. The van der Waals surface area contributed by atoms with Gasteiger partial charge in [0.1, 0.15) is 5.69 Å². The minimum atomic E-state index is 0.0261. The maximum absolute atomic E-state index is 12.9. The maximum atomic E-state index is 12.9. The second kappa shape index (κ2) is 6.59. The van der Waals surface area contributed by atoms with Crippen LogP contribution in [0.25, 0.3) is 32.1 Å². The zero-order chi connectivity index (χ0) is 19.3. The number of carbonyl (C=O) groups is 1. The van der Waals surface area contributed by atoms with Crippen LogP contribution in [0, 0.1) is 0 Å². The number of nitrogens with zero attached hydrogens (tertiary/aromatic N) is 2. The third-order valence-electron chi connectivity index (χ3n) is 4.83. The van der Waals surface area contributed by atoms with Crippen LogP contribution in [0.4, 0.5) is 0 Å². The second-order valence-electron chi connectivity index (χ2n) is 6.62. The monoisotopic (exact) mass is 403 g/mol. The Morgan fingerprint density at radius 2 is 1.61 bits per heavy atom. The first-order valence-corrected chi connectivity index (χ1v) is 10.1. The van der Waals surface area contributed by atoms with E-state index in [-0.39, 0.29) is 5.78 Å². The van der Waals surface area contributed by atoms with Gasteiger partial charge in [0.05, 0.1) is 4.70 Å². The van der Waals surface area contributed by atoms with E-state index in [4.69, 9.17) is 11.6 Å². The molecule has 2 aromatic heterocycles. The van der Waals surface area contributed by atoms with Crippen LogP contribution < -0.4 is 4.40 Å². The van der Waals surface area contributed by atoms with E-state index in [1.54, 1.807) is 18.3 Å². The number of imidazole rings is 1. The first-order valence-electron chi connectivity index (χ1n) is 8.95. The van der Waals surface area contributed by atoms with Crippen molar-refractivity contribution >= 4 is 43.9 Å². The molecular formula is C23H16ClN2OS+. The first-order chi connectivity index (χ1) is 13.6. The van der Waals surface area contributed by atoms with Crippen LogP contribution in [-0.2, 0) is 0 Å². The molecule has 0 amide bonds. The van der Waals surface area contributed by atoms with Crippen LogP contribution in [0.2, 0.25) is 5.02 Å². The fourth-order valence-corrected chi connectivity index (χ4v) is 4.96. The van der Waals surface area contributed by atoms with Crippen molar-refractivity contribution < 1.29 is 9.20 Å². The molecule has 0 aliphatic carbocycles. The molecule has 0 unspecified atom stereocenters.